The van der Waals surface area contributed by atoms with E-state index in [1.165, 1.54) is 4.90 Å². The SMILES string of the molecule is C[C@@H]1C=CC[C@H]2C(=O)N(c3cccc(NC(=O)c4ccccc4)c3)C(=O)[C@@H]12. The van der Waals surface area contributed by atoms with E-state index < -0.39 is 0 Å². The second kappa shape index (κ2) is 6.83. The minimum atomic E-state index is -0.301. The van der Waals surface area contributed by atoms with Gasteiger partial charge in [0.1, 0.15) is 0 Å². The molecule has 0 unspecified atom stereocenters. The molecular formula is C22H20N2O3. The molecule has 0 aromatic heterocycles. The molecule has 2 aliphatic rings. The summed E-state index contributed by atoms with van der Waals surface area (Å²) < 4.78 is 0. The molecule has 2 aromatic carbocycles. The Morgan fingerprint density at radius 3 is 2.56 bits per heavy atom. The van der Waals surface area contributed by atoms with Crippen LogP contribution in [0, 0.1) is 17.8 Å². The van der Waals surface area contributed by atoms with Crippen LogP contribution in [0.3, 0.4) is 0 Å². The minimum absolute atomic E-state index is 0.0474. The second-order valence-corrected chi connectivity index (χ2v) is 7.04. The van der Waals surface area contributed by atoms with Crippen molar-refractivity contribution in [3.05, 3.63) is 72.3 Å². The molecule has 0 saturated carbocycles. The summed E-state index contributed by atoms with van der Waals surface area (Å²) in [5.74, 6) is -1.10. The predicted molar refractivity (Wildman–Crippen MR) is 103 cm³/mol. The standard InChI is InChI=1S/C22H20N2O3/c1-14-7-5-12-18-19(14)22(27)24(21(18)26)17-11-6-10-16(13-17)23-20(25)15-8-3-2-4-9-15/h2-11,13-14,18-19H,12H2,1H3,(H,23,25)/t14-,18-,19+/m1/s1. The lowest BCUT2D eigenvalue weighted by Gasteiger charge is -2.22. The highest BCUT2D eigenvalue weighted by Crippen LogP contribution is 2.40. The molecule has 4 rings (SSSR count). The van der Waals surface area contributed by atoms with Crippen molar-refractivity contribution < 1.29 is 14.4 Å². The van der Waals surface area contributed by atoms with Crippen LogP contribution in [0.15, 0.2) is 66.7 Å². The topological polar surface area (TPSA) is 66.5 Å². The zero-order valence-corrected chi connectivity index (χ0v) is 15.0. The molecule has 2 aromatic rings. The Morgan fingerprint density at radius 1 is 1.04 bits per heavy atom. The predicted octanol–water partition coefficient (Wildman–Crippen LogP) is 3.64. The largest absolute Gasteiger partial charge is 0.322 e. The lowest BCUT2D eigenvalue weighted by atomic mass is 9.78. The van der Waals surface area contributed by atoms with Crippen molar-refractivity contribution in [1.29, 1.82) is 0 Å². The number of hydrogen-bond donors (Lipinski definition) is 1. The molecule has 0 bridgehead atoms. The van der Waals surface area contributed by atoms with Gasteiger partial charge in [0.25, 0.3) is 5.91 Å². The van der Waals surface area contributed by atoms with E-state index in [2.05, 4.69) is 5.32 Å². The Morgan fingerprint density at radius 2 is 1.81 bits per heavy atom. The summed E-state index contributed by atoms with van der Waals surface area (Å²) in [6, 6.07) is 15.8. The van der Waals surface area contributed by atoms with Crippen molar-refractivity contribution in [3.8, 4) is 0 Å². The second-order valence-electron chi connectivity index (χ2n) is 7.04. The lowest BCUT2D eigenvalue weighted by Crippen LogP contribution is -2.31. The van der Waals surface area contributed by atoms with E-state index in [0.717, 1.165) is 0 Å². The smallest absolute Gasteiger partial charge is 0.255 e. The quantitative estimate of drug-likeness (QED) is 0.671. The molecule has 136 valence electrons. The Balaban J connectivity index is 1.59. The Hall–Kier alpha value is -3.21. The van der Waals surface area contributed by atoms with Crippen molar-refractivity contribution in [2.75, 3.05) is 10.2 Å². The third kappa shape index (κ3) is 3.05. The van der Waals surface area contributed by atoms with Crippen molar-refractivity contribution in [2.45, 2.75) is 13.3 Å². The monoisotopic (exact) mass is 360 g/mol. The van der Waals surface area contributed by atoms with Crippen LogP contribution in [0.25, 0.3) is 0 Å². The number of allylic oxidation sites excluding steroid dienone is 2. The van der Waals surface area contributed by atoms with Crippen molar-refractivity contribution in [3.63, 3.8) is 0 Å². The molecule has 3 amide bonds. The molecule has 0 radical (unpaired) electrons. The van der Waals surface area contributed by atoms with Gasteiger partial charge in [0.05, 0.1) is 17.5 Å². The van der Waals surface area contributed by atoms with E-state index >= 15 is 0 Å². The molecule has 1 saturated heterocycles. The maximum Gasteiger partial charge on any atom is 0.255 e. The fraction of sp³-hybridized carbons (Fsp3) is 0.227. The molecule has 5 heteroatoms. The molecule has 0 spiro atoms. The zero-order valence-electron chi connectivity index (χ0n) is 15.0. The van der Waals surface area contributed by atoms with Crippen LogP contribution in [0.2, 0.25) is 0 Å². The van der Waals surface area contributed by atoms with Gasteiger partial charge in [-0.25, -0.2) is 4.90 Å². The summed E-state index contributed by atoms with van der Waals surface area (Å²) >= 11 is 0. The summed E-state index contributed by atoms with van der Waals surface area (Å²) in [4.78, 5) is 39.4. The van der Waals surface area contributed by atoms with Gasteiger partial charge in [-0.2, -0.15) is 0 Å². The average molecular weight is 360 g/mol. The summed E-state index contributed by atoms with van der Waals surface area (Å²) in [5.41, 5.74) is 1.59. The highest BCUT2D eigenvalue weighted by molar-refractivity contribution is 6.22. The number of nitrogens with one attached hydrogen (secondary N) is 1. The van der Waals surface area contributed by atoms with Crippen LogP contribution in [-0.2, 0) is 9.59 Å². The van der Waals surface area contributed by atoms with Crippen LogP contribution < -0.4 is 10.2 Å². The van der Waals surface area contributed by atoms with E-state index in [1.54, 1.807) is 48.5 Å². The molecule has 5 nitrogen and oxygen atoms in total. The average Bonchev–Trinajstić information content (AvgIpc) is 2.94. The first-order chi connectivity index (χ1) is 13.1. The molecule has 1 aliphatic heterocycles. The van der Waals surface area contributed by atoms with E-state index in [4.69, 9.17) is 0 Å². The molecule has 1 aliphatic carbocycles. The van der Waals surface area contributed by atoms with Crippen LogP contribution in [0.5, 0.6) is 0 Å². The van der Waals surface area contributed by atoms with Crippen molar-refractivity contribution >= 4 is 29.1 Å². The van der Waals surface area contributed by atoms with Gasteiger partial charge in [0.2, 0.25) is 11.8 Å². The Kier molecular flexibility index (Phi) is 4.36. The van der Waals surface area contributed by atoms with Gasteiger partial charge in [-0.3, -0.25) is 14.4 Å². The van der Waals surface area contributed by atoms with E-state index in [0.29, 0.717) is 23.4 Å². The van der Waals surface area contributed by atoms with Crippen LogP contribution >= 0.6 is 0 Å². The number of nitrogens with zero attached hydrogens (tertiary/aromatic N) is 1. The summed E-state index contributed by atoms with van der Waals surface area (Å²) in [6.45, 7) is 1.97. The van der Waals surface area contributed by atoms with Crippen molar-refractivity contribution in [1.82, 2.24) is 0 Å². The molecule has 1 heterocycles. The third-order valence-corrected chi connectivity index (χ3v) is 5.27. The van der Waals surface area contributed by atoms with E-state index in [-0.39, 0.29) is 35.5 Å². The normalized spacial score (nSPS) is 24.0. The van der Waals surface area contributed by atoms with E-state index in [1.807, 2.05) is 25.1 Å². The first-order valence-corrected chi connectivity index (χ1v) is 9.07. The van der Waals surface area contributed by atoms with Crippen LogP contribution in [0.1, 0.15) is 23.7 Å². The zero-order chi connectivity index (χ0) is 19.0. The van der Waals surface area contributed by atoms with Gasteiger partial charge in [-0.15, -0.1) is 0 Å². The maximum absolute atomic E-state index is 12.9. The first-order valence-electron chi connectivity index (χ1n) is 9.07. The van der Waals surface area contributed by atoms with Gasteiger partial charge < -0.3 is 5.32 Å². The number of benzene rings is 2. The fourth-order valence-corrected chi connectivity index (χ4v) is 3.92. The van der Waals surface area contributed by atoms with Gasteiger partial charge in [0, 0.05) is 11.3 Å². The van der Waals surface area contributed by atoms with Gasteiger partial charge in [-0.1, -0.05) is 43.3 Å². The number of carbonyl (C=O) groups excluding carboxylic acids is 3. The lowest BCUT2D eigenvalue weighted by molar-refractivity contribution is -0.122. The van der Waals surface area contributed by atoms with E-state index in [9.17, 15) is 14.4 Å². The number of rotatable bonds is 3. The fourth-order valence-electron chi connectivity index (χ4n) is 3.92. The Labute approximate surface area is 157 Å². The van der Waals surface area contributed by atoms with Crippen LogP contribution in [-0.4, -0.2) is 17.7 Å². The number of fused-ring (bicyclic) bond motifs is 1. The highest BCUT2D eigenvalue weighted by atomic mass is 16.2. The molecule has 1 fully saturated rings. The number of hydrogen-bond acceptors (Lipinski definition) is 3. The summed E-state index contributed by atoms with van der Waals surface area (Å²) in [7, 11) is 0. The molecule has 3 atom stereocenters. The highest BCUT2D eigenvalue weighted by Gasteiger charge is 2.50. The molecule has 27 heavy (non-hydrogen) atoms. The molecular weight excluding hydrogens is 340 g/mol. The van der Waals surface area contributed by atoms with Crippen molar-refractivity contribution in [2.24, 2.45) is 17.8 Å². The Bertz CT molecular complexity index is 936. The number of anilines is 2. The van der Waals surface area contributed by atoms with Crippen LogP contribution in [0.4, 0.5) is 11.4 Å². The van der Waals surface area contributed by atoms with Gasteiger partial charge >= 0.3 is 0 Å². The third-order valence-electron chi connectivity index (χ3n) is 5.27. The first kappa shape index (κ1) is 17.2. The maximum atomic E-state index is 12.9. The summed E-state index contributed by atoms with van der Waals surface area (Å²) in [5, 5.41) is 2.82. The number of carbonyl (C=O) groups is 3. The summed E-state index contributed by atoms with van der Waals surface area (Å²) in [6.07, 6.45) is 4.59. The minimum Gasteiger partial charge on any atom is -0.322 e. The number of imide groups is 1. The van der Waals surface area contributed by atoms with Gasteiger partial charge in [-0.05, 0) is 42.7 Å². The molecule has 1 N–H and O–H groups in total. The number of amides is 3. The van der Waals surface area contributed by atoms with Gasteiger partial charge in [0.15, 0.2) is 0 Å².